The van der Waals surface area contributed by atoms with Gasteiger partial charge in [0.15, 0.2) is 0 Å². The second-order valence-electron chi connectivity index (χ2n) is 4.78. The third kappa shape index (κ3) is 3.81. The van der Waals surface area contributed by atoms with Crippen LogP contribution < -0.4 is 15.5 Å². The first kappa shape index (κ1) is 15.0. The van der Waals surface area contributed by atoms with Gasteiger partial charge in [0.2, 0.25) is 5.91 Å². The summed E-state index contributed by atoms with van der Waals surface area (Å²) >= 11 is 0. The molecule has 6 heteroatoms. The molecule has 0 atom stereocenters. The molecule has 2 amide bonds. The number of hydrogen-bond acceptors (Lipinski definition) is 4. The lowest BCUT2D eigenvalue weighted by Gasteiger charge is -2.13. The molecule has 2 rings (SSSR count). The average molecular weight is 289 g/mol. The van der Waals surface area contributed by atoms with E-state index in [4.69, 9.17) is 4.74 Å². The molecule has 1 aromatic rings. The van der Waals surface area contributed by atoms with Crippen LogP contribution in [-0.4, -0.2) is 24.6 Å². The van der Waals surface area contributed by atoms with Crippen LogP contribution in [0.2, 0.25) is 0 Å². The molecule has 0 saturated carbocycles. The Balaban J connectivity index is 1.96. The van der Waals surface area contributed by atoms with Crippen molar-refractivity contribution in [1.29, 1.82) is 0 Å². The zero-order chi connectivity index (χ0) is 15.2. The van der Waals surface area contributed by atoms with Crippen molar-refractivity contribution < 1.29 is 14.3 Å². The van der Waals surface area contributed by atoms with Crippen LogP contribution in [0.1, 0.15) is 30.9 Å². The quantitative estimate of drug-likeness (QED) is 0.853. The minimum Gasteiger partial charge on any atom is -0.496 e. The summed E-state index contributed by atoms with van der Waals surface area (Å²) in [6.45, 7) is 2.47. The van der Waals surface area contributed by atoms with Crippen molar-refractivity contribution in [3.63, 3.8) is 0 Å². The van der Waals surface area contributed by atoms with Crippen molar-refractivity contribution in [1.82, 2.24) is 10.7 Å². The van der Waals surface area contributed by atoms with Crippen molar-refractivity contribution in [2.24, 2.45) is 5.10 Å². The van der Waals surface area contributed by atoms with Crippen LogP contribution in [0.4, 0.5) is 0 Å². The van der Waals surface area contributed by atoms with E-state index in [1.807, 2.05) is 18.2 Å². The molecule has 0 bridgehead atoms. The third-order valence-electron chi connectivity index (χ3n) is 3.35. The molecule has 0 unspecified atom stereocenters. The van der Waals surface area contributed by atoms with E-state index in [0.29, 0.717) is 25.1 Å². The van der Waals surface area contributed by atoms with Gasteiger partial charge in [-0.3, -0.25) is 9.59 Å². The lowest BCUT2D eigenvalue weighted by atomic mass is 10.1. The monoisotopic (exact) mass is 289 g/mol. The van der Waals surface area contributed by atoms with Crippen LogP contribution >= 0.6 is 0 Å². The van der Waals surface area contributed by atoms with Crippen molar-refractivity contribution in [3.8, 4) is 5.75 Å². The molecule has 6 nitrogen and oxygen atoms in total. The van der Waals surface area contributed by atoms with Crippen LogP contribution in [0.3, 0.4) is 0 Å². The highest BCUT2D eigenvalue weighted by Crippen LogP contribution is 2.20. The fraction of sp³-hybridized carbons (Fsp3) is 0.400. The zero-order valence-corrected chi connectivity index (χ0v) is 12.2. The number of nitrogens with zero attached hydrogens (tertiary/aromatic N) is 1. The number of carbonyl (C=O) groups excluding carboxylic acids is 2. The van der Waals surface area contributed by atoms with Crippen LogP contribution in [0, 0.1) is 0 Å². The number of rotatable bonds is 5. The summed E-state index contributed by atoms with van der Waals surface area (Å²) in [5, 5.41) is 6.58. The Kier molecular flexibility index (Phi) is 4.92. The first-order valence-electron chi connectivity index (χ1n) is 6.93. The molecule has 1 aliphatic heterocycles. The number of amides is 2. The summed E-state index contributed by atoms with van der Waals surface area (Å²) in [6.07, 6.45) is 1.54. The number of ether oxygens (including phenoxy) is 1. The van der Waals surface area contributed by atoms with Gasteiger partial charge < -0.3 is 10.1 Å². The lowest BCUT2D eigenvalue weighted by molar-refractivity contribution is -0.121. The van der Waals surface area contributed by atoms with Gasteiger partial charge in [-0.25, -0.2) is 5.43 Å². The number of benzene rings is 1. The molecule has 0 fully saturated rings. The minimum atomic E-state index is -0.246. The number of nitrogens with one attached hydrogen (secondary N) is 2. The SMILES string of the molecule is CCc1cc(CNC(=O)C2=NNC(=O)CC2)ccc1OC. The summed E-state index contributed by atoms with van der Waals surface area (Å²) < 4.78 is 5.28. The number of hydrogen-bond donors (Lipinski definition) is 2. The Morgan fingerprint density at radius 2 is 2.24 bits per heavy atom. The van der Waals surface area contributed by atoms with E-state index in [9.17, 15) is 9.59 Å². The fourth-order valence-electron chi connectivity index (χ4n) is 2.14. The number of hydrazone groups is 1. The largest absolute Gasteiger partial charge is 0.496 e. The van der Waals surface area contributed by atoms with E-state index < -0.39 is 0 Å². The van der Waals surface area contributed by atoms with Crippen molar-refractivity contribution >= 4 is 17.5 Å². The van der Waals surface area contributed by atoms with E-state index in [1.165, 1.54) is 0 Å². The summed E-state index contributed by atoms with van der Waals surface area (Å²) in [4.78, 5) is 22.9. The standard InChI is InChI=1S/C15H19N3O3/c1-3-11-8-10(4-6-13(11)21-2)9-16-15(20)12-5-7-14(19)18-17-12/h4,6,8H,3,5,7,9H2,1-2H3,(H,16,20)(H,18,19). The third-order valence-corrected chi connectivity index (χ3v) is 3.35. The Hall–Kier alpha value is -2.37. The molecule has 1 heterocycles. The van der Waals surface area contributed by atoms with Gasteiger partial charge in [0.25, 0.3) is 5.91 Å². The van der Waals surface area contributed by atoms with Gasteiger partial charge in [0, 0.05) is 19.4 Å². The number of aryl methyl sites for hydroxylation is 1. The molecule has 1 aliphatic rings. The smallest absolute Gasteiger partial charge is 0.267 e. The summed E-state index contributed by atoms with van der Waals surface area (Å²) in [5.41, 5.74) is 4.78. The molecular formula is C15H19N3O3. The molecular weight excluding hydrogens is 270 g/mol. The predicted octanol–water partition coefficient (Wildman–Crippen LogP) is 1.14. The Morgan fingerprint density at radius 3 is 2.86 bits per heavy atom. The van der Waals surface area contributed by atoms with Gasteiger partial charge in [-0.1, -0.05) is 19.1 Å². The summed E-state index contributed by atoms with van der Waals surface area (Å²) in [7, 11) is 1.64. The fourth-order valence-corrected chi connectivity index (χ4v) is 2.14. The Morgan fingerprint density at radius 1 is 1.43 bits per heavy atom. The van der Waals surface area contributed by atoms with Gasteiger partial charge in [-0.15, -0.1) is 0 Å². The van der Waals surface area contributed by atoms with E-state index in [-0.39, 0.29) is 11.8 Å². The molecule has 0 aliphatic carbocycles. The van der Waals surface area contributed by atoms with Gasteiger partial charge in [-0.05, 0) is 23.6 Å². The van der Waals surface area contributed by atoms with E-state index >= 15 is 0 Å². The van der Waals surface area contributed by atoms with Gasteiger partial charge in [0.05, 0.1) is 7.11 Å². The molecule has 0 saturated heterocycles. The minimum absolute atomic E-state index is 0.158. The van der Waals surface area contributed by atoms with Crippen LogP contribution in [0.5, 0.6) is 5.75 Å². The number of methoxy groups -OCH3 is 1. The zero-order valence-electron chi connectivity index (χ0n) is 12.2. The van der Waals surface area contributed by atoms with Crippen LogP contribution in [0.25, 0.3) is 0 Å². The predicted molar refractivity (Wildman–Crippen MR) is 79.0 cm³/mol. The lowest BCUT2D eigenvalue weighted by Crippen LogP contribution is -2.36. The maximum atomic E-state index is 11.9. The number of carbonyl (C=O) groups is 2. The van der Waals surface area contributed by atoms with Gasteiger partial charge >= 0.3 is 0 Å². The molecule has 0 radical (unpaired) electrons. The normalized spacial score (nSPS) is 14.2. The van der Waals surface area contributed by atoms with E-state index in [0.717, 1.165) is 23.3 Å². The topological polar surface area (TPSA) is 79.8 Å². The summed E-state index contributed by atoms with van der Waals surface area (Å²) in [6, 6.07) is 5.84. The van der Waals surface area contributed by atoms with Crippen molar-refractivity contribution in [2.45, 2.75) is 32.7 Å². The van der Waals surface area contributed by atoms with Gasteiger partial charge in [-0.2, -0.15) is 5.10 Å². The van der Waals surface area contributed by atoms with E-state index in [2.05, 4.69) is 22.8 Å². The first-order valence-corrected chi connectivity index (χ1v) is 6.93. The molecule has 0 aromatic heterocycles. The Labute approximate surface area is 123 Å². The van der Waals surface area contributed by atoms with E-state index in [1.54, 1.807) is 7.11 Å². The molecule has 1 aromatic carbocycles. The van der Waals surface area contributed by atoms with Gasteiger partial charge in [0.1, 0.15) is 11.5 Å². The molecule has 112 valence electrons. The second-order valence-corrected chi connectivity index (χ2v) is 4.78. The highest BCUT2D eigenvalue weighted by molar-refractivity contribution is 6.39. The van der Waals surface area contributed by atoms with Crippen molar-refractivity contribution in [2.75, 3.05) is 7.11 Å². The second kappa shape index (κ2) is 6.88. The van der Waals surface area contributed by atoms with Crippen LogP contribution in [0.15, 0.2) is 23.3 Å². The molecule has 0 spiro atoms. The highest BCUT2D eigenvalue weighted by atomic mass is 16.5. The molecule has 2 N–H and O–H groups in total. The maximum absolute atomic E-state index is 11.9. The Bertz CT molecular complexity index is 582. The molecule has 21 heavy (non-hydrogen) atoms. The van der Waals surface area contributed by atoms with Crippen LogP contribution in [-0.2, 0) is 22.6 Å². The van der Waals surface area contributed by atoms with Crippen molar-refractivity contribution in [3.05, 3.63) is 29.3 Å². The summed E-state index contributed by atoms with van der Waals surface area (Å²) in [5.74, 6) is 0.449. The highest BCUT2D eigenvalue weighted by Gasteiger charge is 2.17. The maximum Gasteiger partial charge on any atom is 0.267 e. The first-order chi connectivity index (χ1) is 10.1. The average Bonchev–Trinajstić information content (AvgIpc) is 2.52.